The van der Waals surface area contributed by atoms with Crippen LogP contribution in [0.3, 0.4) is 0 Å². The molecule has 0 radical (unpaired) electrons. The van der Waals surface area contributed by atoms with Crippen LogP contribution in [-0.2, 0) is 16.6 Å². The van der Waals surface area contributed by atoms with E-state index >= 15 is 0 Å². The largest absolute Gasteiger partial charge is 0.338 e. The Morgan fingerprint density at radius 1 is 1.45 bits per heavy atom. The Balaban J connectivity index is 1.67. The summed E-state index contributed by atoms with van der Waals surface area (Å²) in [7, 11) is -3.38. The molecule has 1 aliphatic rings. The van der Waals surface area contributed by atoms with Crippen LogP contribution in [0.1, 0.15) is 12.3 Å². The number of nitrogens with one attached hydrogen (secondary N) is 2. The Hall–Kier alpha value is -1.48. The zero-order chi connectivity index (χ0) is 15.6. The first-order valence-corrected chi connectivity index (χ1v) is 8.75. The summed E-state index contributed by atoms with van der Waals surface area (Å²) in [5, 5.41) is 7.01. The van der Waals surface area contributed by atoms with Gasteiger partial charge in [-0.15, -0.1) is 0 Å². The number of hydrogen-bond donors (Lipinski definition) is 2. The smallest absolute Gasteiger partial charge is 0.242 e. The summed E-state index contributed by atoms with van der Waals surface area (Å²) in [6.07, 6.45) is 0.604. The molecule has 1 unspecified atom stereocenters. The standard InChI is InChI=1S/C13H15ClN4O3S/c14-10-3-1-2-9(6-10)13-17-12(21-18-13)8-16-22(19,20)11-4-5-15-7-11/h1-3,6,11,15-16H,4-5,7-8H2. The number of sulfonamides is 1. The minimum absolute atomic E-state index is 0.0214. The second-order valence-corrected chi connectivity index (χ2v) is 7.48. The lowest BCUT2D eigenvalue weighted by molar-refractivity contribution is 0.375. The number of hydrogen-bond acceptors (Lipinski definition) is 6. The summed E-state index contributed by atoms with van der Waals surface area (Å²) >= 11 is 5.91. The molecule has 9 heteroatoms. The Morgan fingerprint density at radius 3 is 3.05 bits per heavy atom. The van der Waals surface area contributed by atoms with E-state index in [0.29, 0.717) is 35.9 Å². The average molecular weight is 343 g/mol. The first-order valence-electron chi connectivity index (χ1n) is 6.82. The van der Waals surface area contributed by atoms with Crippen LogP contribution in [0, 0.1) is 0 Å². The van der Waals surface area contributed by atoms with Crippen molar-refractivity contribution in [2.45, 2.75) is 18.2 Å². The van der Waals surface area contributed by atoms with Crippen molar-refractivity contribution >= 4 is 21.6 Å². The normalized spacial score (nSPS) is 18.7. The maximum atomic E-state index is 12.1. The SMILES string of the molecule is O=S(=O)(NCc1nc(-c2cccc(Cl)c2)no1)C1CCNC1. The molecule has 0 bridgehead atoms. The van der Waals surface area contributed by atoms with E-state index in [1.165, 1.54) is 0 Å². The third kappa shape index (κ3) is 3.46. The van der Waals surface area contributed by atoms with Gasteiger partial charge in [0.25, 0.3) is 0 Å². The van der Waals surface area contributed by atoms with Gasteiger partial charge < -0.3 is 9.84 Å². The molecule has 2 aromatic rings. The number of halogens is 1. The maximum Gasteiger partial charge on any atom is 0.242 e. The van der Waals surface area contributed by atoms with Gasteiger partial charge in [-0.05, 0) is 25.1 Å². The summed E-state index contributed by atoms with van der Waals surface area (Å²) in [5.74, 6) is 0.587. The van der Waals surface area contributed by atoms with Gasteiger partial charge in [-0.25, -0.2) is 13.1 Å². The highest BCUT2D eigenvalue weighted by atomic mass is 35.5. The summed E-state index contributed by atoms with van der Waals surface area (Å²) in [6, 6.07) is 7.04. The molecule has 0 aliphatic carbocycles. The molecule has 1 saturated heterocycles. The minimum Gasteiger partial charge on any atom is -0.338 e. The molecule has 1 fully saturated rings. The third-order valence-corrected chi connectivity index (χ3v) is 5.49. The van der Waals surface area contributed by atoms with E-state index in [9.17, 15) is 8.42 Å². The quantitative estimate of drug-likeness (QED) is 0.846. The van der Waals surface area contributed by atoms with Crippen molar-refractivity contribution in [1.82, 2.24) is 20.2 Å². The van der Waals surface area contributed by atoms with Crippen molar-refractivity contribution in [2.75, 3.05) is 13.1 Å². The summed E-state index contributed by atoms with van der Waals surface area (Å²) in [4.78, 5) is 4.17. The monoisotopic (exact) mass is 342 g/mol. The van der Waals surface area contributed by atoms with Crippen molar-refractivity contribution in [3.05, 3.63) is 35.2 Å². The number of aromatic nitrogens is 2. The molecule has 1 aromatic carbocycles. The lowest BCUT2D eigenvalue weighted by atomic mass is 10.2. The summed E-state index contributed by atoms with van der Waals surface area (Å²) in [6.45, 7) is 1.16. The van der Waals surface area contributed by atoms with Crippen LogP contribution in [0.5, 0.6) is 0 Å². The zero-order valence-corrected chi connectivity index (χ0v) is 13.2. The van der Waals surface area contributed by atoms with E-state index in [0.717, 1.165) is 0 Å². The fourth-order valence-electron chi connectivity index (χ4n) is 2.24. The van der Waals surface area contributed by atoms with Gasteiger partial charge in [0.2, 0.25) is 21.7 Å². The van der Waals surface area contributed by atoms with Crippen LogP contribution >= 0.6 is 11.6 Å². The van der Waals surface area contributed by atoms with E-state index in [2.05, 4.69) is 20.2 Å². The van der Waals surface area contributed by atoms with Crippen LogP contribution < -0.4 is 10.0 Å². The summed E-state index contributed by atoms with van der Waals surface area (Å²) < 4.78 is 31.7. The van der Waals surface area contributed by atoms with E-state index in [1.807, 2.05) is 0 Å². The highest BCUT2D eigenvalue weighted by molar-refractivity contribution is 7.90. The second-order valence-electron chi connectivity index (χ2n) is 5.00. The molecule has 118 valence electrons. The molecule has 7 nitrogen and oxygen atoms in total. The van der Waals surface area contributed by atoms with Gasteiger partial charge in [0.05, 0.1) is 11.8 Å². The number of benzene rings is 1. The molecule has 1 atom stereocenters. The van der Waals surface area contributed by atoms with Crippen molar-refractivity contribution in [1.29, 1.82) is 0 Å². The molecule has 0 spiro atoms. The van der Waals surface area contributed by atoms with Crippen LogP contribution in [-0.4, -0.2) is 36.9 Å². The molecule has 2 heterocycles. The Kier molecular flexibility index (Phi) is 4.44. The Labute approximate surface area is 133 Å². The fourth-order valence-corrected chi connectivity index (χ4v) is 3.76. The number of nitrogens with zero attached hydrogens (tertiary/aromatic N) is 2. The topological polar surface area (TPSA) is 97.1 Å². The van der Waals surface area contributed by atoms with E-state index in [4.69, 9.17) is 16.1 Å². The van der Waals surface area contributed by atoms with Crippen molar-refractivity contribution in [3.8, 4) is 11.4 Å². The van der Waals surface area contributed by atoms with Crippen LogP contribution in [0.2, 0.25) is 5.02 Å². The predicted octanol–water partition coefficient (Wildman–Crippen LogP) is 1.17. The number of rotatable bonds is 5. The van der Waals surface area contributed by atoms with Gasteiger partial charge in [-0.2, -0.15) is 4.98 Å². The van der Waals surface area contributed by atoms with Crippen LogP contribution in [0.15, 0.2) is 28.8 Å². The molecule has 2 N–H and O–H groups in total. The first kappa shape index (κ1) is 15.4. The average Bonchev–Trinajstić information content (AvgIpc) is 3.17. The molecular weight excluding hydrogens is 328 g/mol. The molecular formula is C13H15ClN4O3S. The first-order chi connectivity index (χ1) is 10.5. The zero-order valence-electron chi connectivity index (χ0n) is 11.6. The van der Waals surface area contributed by atoms with E-state index in [1.54, 1.807) is 24.3 Å². The van der Waals surface area contributed by atoms with E-state index < -0.39 is 15.3 Å². The Bertz CT molecular complexity index is 756. The van der Waals surface area contributed by atoms with Crippen molar-refractivity contribution < 1.29 is 12.9 Å². The van der Waals surface area contributed by atoms with Gasteiger partial charge in [0.15, 0.2) is 0 Å². The van der Waals surface area contributed by atoms with Gasteiger partial charge in [-0.1, -0.05) is 28.9 Å². The minimum atomic E-state index is -3.38. The second kappa shape index (κ2) is 6.33. The van der Waals surface area contributed by atoms with Gasteiger partial charge in [0, 0.05) is 17.1 Å². The maximum absolute atomic E-state index is 12.1. The van der Waals surface area contributed by atoms with E-state index in [-0.39, 0.29) is 12.4 Å². The van der Waals surface area contributed by atoms with Crippen LogP contribution in [0.4, 0.5) is 0 Å². The van der Waals surface area contributed by atoms with Crippen molar-refractivity contribution in [3.63, 3.8) is 0 Å². The molecule has 22 heavy (non-hydrogen) atoms. The van der Waals surface area contributed by atoms with Crippen molar-refractivity contribution in [2.24, 2.45) is 0 Å². The van der Waals surface area contributed by atoms with Gasteiger partial charge >= 0.3 is 0 Å². The molecule has 0 saturated carbocycles. The lowest BCUT2D eigenvalue weighted by Crippen LogP contribution is -2.35. The molecule has 1 aliphatic heterocycles. The third-order valence-electron chi connectivity index (χ3n) is 3.43. The highest BCUT2D eigenvalue weighted by Crippen LogP contribution is 2.20. The highest BCUT2D eigenvalue weighted by Gasteiger charge is 2.28. The molecule has 0 amide bonds. The van der Waals surface area contributed by atoms with Gasteiger partial charge in [0.1, 0.15) is 0 Å². The Morgan fingerprint density at radius 2 is 2.32 bits per heavy atom. The van der Waals surface area contributed by atoms with Gasteiger partial charge in [-0.3, -0.25) is 0 Å². The lowest BCUT2D eigenvalue weighted by Gasteiger charge is -2.09. The molecule has 3 rings (SSSR count). The fraction of sp³-hybridized carbons (Fsp3) is 0.385. The molecule has 1 aromatic heterocycles. The summed E-state index contributed by atoms with van der Waals surface area (Å²) in [5.41, 5.74) is 0.713. The predicted molar refractivity (Wildman–Crippen MR) is 81.8 cm³/mol. The van der Waals surface area contributed by atoms with Crippen LogP contribution in [0.25, 0.3) is 11.4 Å².